The molecule has 0 aromatic heterocycles. The Morgan fingerprint density at radius 1 is 1.05 bits per heavy atom. The molecule has 0 spiro atoms. The summed E-state index contributed by atoms with van der Waals surface area (Å²) in [5.41, 5.74) is 5.00. The minimum Gasteiger partial charge on any atom is -0.378 e. The van der Waals surface area contributed by atoms with E-state index in [1.165, 1.54) is 16.8 Å². The zero-order chi connectivity index (χ0) is 16.2. The highest BCUT2D eigenvalue weighted by molar-refractivity contribution is 5.68. The Labute approximate surface area is 133 Å². The minimum absolute atomic E-state index is 0.206. The van der Waals surface area contributed by atoms with Crippen molar-refractivity contribution in [3.05, 3.63) is 59.2 Å². The van der Waals surface area contributed by atoms with Crippen LogP contribution < -0.4 is 4.90 Å². The number of allylic oxidation sites excluding steroid dienone is 5. The third-order valence-corrected chi connectivity index (χ3v) is 3.92. The molecule has 2 heteroatoms. The molecule has 0 N–H and O–H groups in total. The molecule has 1 aliphatic rings. The molecular formula is C20H25NO. The molecule has 1 aliphatic carbocycles. The molecule has 0 heterocycles. The molecule has 116 valence electrons. The van der Waals surface area contributed by atoms with Gasteiger partial charge in [0.15, 0.2) is 0 Å². The standard InChI is InChI=1S/C20H25NO/c1-20(2)14-17(13-18(15-20)11-12-22)6-5-16-7-9-19(10-8-16)21(3)4/h5-13H,14-15H2,1-4H3. The maximum atomic E-state index is 10.7. The fourth-order valence-electron chi connectivity index (χ4n) is 2.90. The van der Waals surface area contributed by atoms with Gasteiger partial charge in [0, 0.05) is 19.8 Å². The topological polar surface area (TPSA) is 20.3 Å². The highest BCUT2D eigenvalue weighted by Gasteiger charge is 2.24. The molecule has 0 radical (unpaired) electrons. The van der Waals surface area contributed by atoms with Gasteiger partial charge in [0.1, 0.15) is 6.29 Å². The summed E-state index contributed by atoms with van der Waals surface area (Å²) in [6.45, 7) is 4.50. The second-order valence-electron chi connectivity index (χ2n) is 6.93. The molecule has 0 aliphatic heterocycles. The largest absolute Gasteiger partial charge is 0.378 e. The molecule has 0 saturated carbocycles. The number of nitrogens with zero attached hydrogens (tertiary/aromatic N) is 1. The Balaban J connectivity index is 2.17. The number of carbonyl (C=O) groups excluding carboxylic acids is 1. The molecule has 22 heavy (non-hydrogen) atoms. The molecule has 0 saturated heterocycles. The number of hydrogen-bond acceptors (Lipinski definition) is 2. The van der Waals surface area contributed by atoms with E-state index in [-0.39, 0.29) is 5.41 Å². The summed E-state index contributed by atoms with van der Waals surface area (Å²) in [5.74, 6) is 0. The number of anilines is 1. The van der Waals surface area contributed by atoms with E-state index in [9.17, 15) is 4.79 Å². The summed E-state index contributed by atoms with van der Waals surface area (Å²) in [7, 11) is 4.08. The van der Waals surface area contributed by atoms with Crippen LogP contribution in [0, 0.1) is 5.41 Å². The Kier molecular flexibility index (Phi) is 5.02. The zero-order valence-electron chi connectivity index (χ0n) is 14.0. The Bertz CT molecular complexity index is 616. The van der Waals surface area contributed by atoms with Crippen LogP contribution in [-0.2, 0) is 4.79 Å². The van der Waals surface area contributed by atoms with Gasteiger partial charge >= 0.3 is 0 Å². The van der Waals surface area contributed by atoms with Gasteiger partial charge in [-0.2, -0.15) is 0 Å². The lowest BCUT2D eigenvalue weighted by Gasteiger charge is -2.30. The molecule has 0 unspecified atom stereocenters. The first-order chi connectivity index (χ1) is 10.4. The fraction of sp³-hybridized carbons (Fsp3) is 0.350. The molecule has 0 fully saturated rings. The predicted molar refractivity (Wildman–Crippen MR) is 95.0 cm³/mol. The molecule has 1 aromatic carbocycles. The molecule has 1 aromatic rings. The highest BCUT2D eigenvalue weighted by atomic mass is 16.1. The smallest absolute Gasteiger partial charge is 0.143 e. The minimum atomic E-state index is 0.206. The molecule has 2 rings (SSSR count). The third kappa shape index (κ3) is 4.45. The average Bonchev–Trinajstić information content (AvgIpc) is 2.44. The predicted octanol–water partition coefficient (Wildman–Crippen LogP) is 4.64. The number of benzene rings is 1. The molecule has 0 atom stereocenters. The van der Waals surface area contributed by atoms with Gasteiger partial charge in [0.25, 0.3) is 0 Å². The van der Waals surface area contributed by atoms with Gasteiger partial charge < -0.3 is 4.90 Å². The number of rotatable bonds is 4. The van der Waals surface area contributed by atoms with Crippen molar-refractivity contribution >= 4 is 18.0 Å². The number of carbonyl (C=O) groups is 1. The van der Waals surface area contributed by atoms with Crippen molar-refractivity contribution in [3.63, 3.8) is 0 Å². The van der Waals surface area contributed by atoms with Crippen LogP contribution in [0.5, 0.6) is 0 Å². The first kappa shape index (κ1) is 16.3. The lowest BCUT2D eigenvalue weighted by atomic mass is 9.75. The maximum Gasteiger partial charge on any atom is 0.143 e. The van der Waals surface area contributed by atoms with Crippen LogP contribution in [0.3, 0.4) is 0 Å². The van der Waals surface area contributed by atoms with Gasteiger partial charge in [-0.1, -0.05) is 44.2 Å². The van der Waals surface area contributed by atoms with Crippen LogP contribution in [0.4, 0.5) is 5.69 Å². The number of hydrogen-bond donors (Lipinski definition) is 0. The van der Waals surface area contributed by atoms with Crippen LogP contribution in [-0.4, -0.2) is 20.4 Å². The van der Waals surface area contributed by atoms with Gasteiger partial charge in [-0.3, -0.25) is 4.79 Å². The normalized spacial score (nSPS) is 19.3. The lowest BCUT2D eigenvalue weighted by molar-refractivity contribution is -0.104. The van der Waals surface area contributed by atoms with Gasteiger partial charge in [0.2, 0.25) is 0 Å². The second kappa shape index (κ2) is 6.78. The first-order valence-corrected chi connectivity index (χ1v) is 7.70. The molecular weight excluding hydrogens is 270 g/mol. The molecule has 2 nitrogen and oxygen atoms in total. The van der Waals surface area contributed by atoms with E-state index in [0.29, 0.717) is 0 Å². The van der Waals surface area contributed by atoms with Crippen molar-refractivity contribution in [2.75, 3.05) is 19.0 Å². The van der Waals surface area contributed by atoms with E-state index in [1.54, 1.807) is 6.08 Å². The van der Waals surface area contributed by atoms with Crippen molar-refractivity contribution in [2.45, 2.75) is 26.7 Å². The summed E-state index contributed by atoms with van der Waals surface area (Å²) in [4.78, 5) is 12.8. The molecule has 0 bridgehead atoms. The summed E-state index contributed by atoms with van der Waals surface area (Å²) in [6, 6.07) is 8.50. The van der Waals surface area contributed by atoms with E-state index in [0.717, 1.165) is 24.7 Å². The van der Waals surface area contributed by atoms with Crippen LogP contribution in [0.1, 0.15) is 32.3 Å². The average molecular weight is 295 g/mol. The summed E-state index contributed by atoms with van der Waals surface area (Å²) in [5, 5.41) is 0. The summed E-state index contributed by atoms with van der Waals surface area (Å²) >= 11 is 0. The Morgan fingerprint density at radius 3 is 2.32 bits per heavy atom. The van der Waals surface area contributed by atoms with Gasteiger partial charge in [-0.25, -0.2) is 0 Å². The van der Waals surface area contributed by atoms with Crippen molar-refractivity contribution in [3.8, 4) is 0 Å². The van der Waals surface area contributed by atoms with Gasteiger partial charge in [-0.15, -0.1) is 0 Å². The summed E-state index contributed by atoms with van der Waals surface area (Å²) < 4.78 is 0. The second-order valence-corrected chi connectivity index (χ2v) is 6.93. The van der Waals surface area contributed by atoms with Crippen molar-refractivity contribution in [1.82, 2.24) is 0 Å². The Hall–Kier alpha value is -2.09. The zero-order valence-corrected chi connectivity index (χ0v) is 14.0. The lowest BCUT2D eigenvalue weighted by Crippen LogP contribution is -2.16. The summed E-state index contributed by atoms with van der Waals surface area (Å²) in [6.07, 6.45) is 11.0. The van der Waals surface area contributed by atoms with Gasteiger partial charge in [0.05, 0.1) is 0 Å². The van der Waals surface area contributed by atoms with Crippen molar-refractivity contribution in [1.29, 1.82) is 0 Å². The molecule has 0 amide bonds. The quantitative estimate of drug-likeness (QED) is 0.596. The van der Waals surface area contributed by atoms with Crippen LogP contribution >= 0.6 is 0 Å². The van der Waals surface area contributed by atoms with Crippen LogP contribution in [0.15, 0.2) is 53.6 Å². The highest BCUT2D eigenvalue weighted by Crippen LogP contribution is 2.38. The van der Waals surface area contributed by atoms with Crippen molar-refractivity contribution in [2.24, 2.45) is 5.41 Å². The monoisotopic (exact) mass is 295 g/mol. The van der Waals surface area contributed by atoms with E-state index in [4.69, 9.17) is 0 Å². The van der Waals surface area contributed by atoms with Crippen molar-refractivity contribution < 1.29 is 4.79 Å². The van der Waals surface area contributed by atoms with Crippen LogP contribution in [0.2, 0.25) is 0 Å². The maximum absolute atomic E-state index is 10.7. The number of aldehydes is 1. The van der Waals surface area contributed by atoms with E-state index in [2.05, 4.69) is 61.2 Å². The Morgan fingerprint density at radius 2 is 1.73 bits per heavy atom. The third-order valence-electron chi connectivity index (χ3n) is 3.92. The van der Waals surface area contributed by atoms with E-state index < -0.39 is 0 Å². The first-order valence-electron chi connectivity index (χ1n) is 7.70. The van der Waals surface area contributed by atoms with Gasteiger partial charge in [-0.05, 0) is 53.2 Å². The SMILES string of the molecule is CN(C)c1ccc(C=CC2=CC(=CC=O)CC(C)(C)C2)cc1. The fourth-order valence-corrected chi connectivity index (χ4v) is 2.90. The van der Waals surface area contributed by atoms with E-state index in [1.807, 2.05) is 14.1 Å². The van der Waals surface area contributed by atoms with E-state index >= 15 is 0 Å². The van der Waals surface area contributed by atoms with Crippen LogP contribution in [0.25, 0.3) is 6.08 Å².